The zero-order valence-corrected chi connectivity index (χ0v) is 21.8. The third-order valence-corrected chi connectivity index (χ3v) is 7.61. The van der Waals surface area contributed by atoms with E-state index < -0.39 is 96.6 Å². The first-order valence-electron chi connectivity index (χ1n) is 12.8. The van der Waals surface area contributed by atoms with Crippen molar-refractivity contribution < 1.29 is 69.4 Å². The van der Waals surface area contributed by atoms with Crippen LogP contribution in [0.3, 0.4) is 0 Å². The van der Waals surface area contributed by atoms with Gasteiger partial charge in [0, 0.05) is 11.1 Å². The largest absolute Gasteiger partial charge is 0.507 e. The van der Waals surface area contributed by atoms with Crippen molar-refractivity contribution in [1.82, 2.24) is 0 Å². The maximum Gasteiger partial charge on any atom is 0.229 e. The van der Waals surface area contributed by atoms with Gasteiger partial charge in [-0.3, -0.25) is 9.59 Å². The molecule has 2 fully saturated rings. The fraction of sp³-hybridized carbons (Fsp3) is 0.481. The number of hydrogen-bond donors (Lipinski definition) is 8. The molecule has 5 rings (SSSR count). The van der Waals surface area contributed by atoms with Crippen LogP contribution in [0.15, 0.2) is 24.3 Å². The van der Waals surface area contributed by atoms with Gasteiger partial charge in [0.05, 0.1) is 23.8 Å². The monoisotopic (exact) mass is 578 g/mol. The highest BCUT2D eigenvalue weighted by molar-refractivity contribution is 6.30. The van der Waals surface area contributed by atoms with E-state index in [9.17, 15) is 50.4 Å². The van der Waals surface area contributed by atoms with Crippen molar-refractivity contribution in [2.75, 3.05) is 6.61 Å². The van der Waals surface area contributed by atoms with Crippen LogP contribution in [0.25, 0.3) is 0 Å². The molecule has 2 heterocycles. The van der Waals surface area contributed by atoms with Crippen LogP contribution in [0.5, 0.6) is 17.2 Å². The standard InChI is InChI=1S/C27H30O14/c1-8-3-4-10-14(16(8)28)18(30)11-5-6-12(20(32)15(11)19(10)31)40-27-25(37)23(35)21(33)13(41-27)7-38-26-24(36)22(34)17(29)9(2)39-26/h3-6,9,13,17,21-29,32-37H,7H2,1-2H3/t9-,13-,17+,21-,22-,23-,24-,25-,26-,27-/m1/s1. The molecule has 222 valence electrons. The maximum absolute atomic E-state index is 13.2. The van der Waals surface area contributed by atoms with Crippen LogP contribution in [0.2, 0.25) is 0 Å². The zero-order valence-electron chi connectivity index (χ0n) is 21.8. The van der Waals surface area contributed by atoms with Gasteiger partial charge in [-0.1, -0.05) is 6.07 Å². The van der Waals surface area contributed by atoms with Crippen LogP contribution in [-0.4, -0.2) is 120 Å². The number of aliphatic hydroxyl groups is 6. The van der Waals surface area contributed by atoms with Crippen LogP contribution >= 0.6 is 0 Å². The molecular formula is C27H30O14. The number of rotatable bonds is 5. The summed E-state index contributed by atoms with van der Waals surface area (Å²) >= 11 is 0. The summed E-state index contributed by atoms with van der Waals surface area (Å²) in [4.78, 5) is 26.3. The van der Waals surface area contributed by atoms with Gasteiger partial charge in [0.15, 0.2) is 29.4 Å². The molecule has 1 aliphatic carbocycles. The lowest BCUT2D eigenvalue weighted by molar-refractivity contribution is -0.318. The molecule has 2 saturated heterocycles. The Bertz CT molecular complexity index is 1360. The second-order valence-electron chi connectivity index (χ2n) is 10.3. The first-order chi connectivity index (χ1) is 19.3. The van der Waals surface area contributed by atoms with Crippen molar-refractivity contribution in [2.45, 2.75) is 75.3 Å². The average Bonchev–Trinajstić information content (AvgIpc) is 2.94. The number of fused-ring (bicyclic) bond motifs is 2. The van der Waals surface area contributed by atoms with Crippen molar-refractivity contribution in [3.8, 4) is 17.2 Å². The molecule has 3 aliphatic rings. The van der Waals surface area contributed by atoms with Crippen LogP contribution in [0.1, 0.15) is 44.3 Å². The van der Waals surface area contributed by atoms with Crippen LogP contribution in [0, 0.1) is 6.92 Å². The molecular weight excluding hydrogens is 548 g/mol. The van der Waals surface area contributed by atoms with Gasteiger partial charge < -0.3 is 59.8 Å². The predicted octanol–water partition coefficient (Wildman–Crippen LogP) is -1.79. The smallest absolute Gasteiger partial charge is 0.229 e. The Morgan fingerprint density at radius 2 is 1.27 bits per heavy atom. The fourth-order valence-corrected chi connectivity index (χ4v) is 5.09. The number of aliphatic hydroxyl groups excluding tert-OH is 6. The second-order valence-corrected chi connectivity index (χ2v) is 10.3. The highest BCUT2D eigenvalue weighted by atomic mass is 16.7. The lowest BCUT2D eigenvalue weighted by Crippen LogP contribution is -2.61. The summed E-state index contributed by atoms with van der Waals surface area (Å²) in [5.41, 5.74) is -0.514. The topological polar surface area (TPSA) is 233 Å². The Morgan fingerprint density at radius 1 is 0.707 bits per heavy atom. The minimum absolute atomic E-state index is 0.123. The van der Waals surface area contributed by atoms with Gasteiger partial charge in [-0.05, 0) is 37.6 Å². The van der Waals surface area contributed by atoms with Gasteiger partial charge in [-0.15, -0.1) is 0 Å². The Labute approximate surface area is 232 Å². The van der Waals surface area contributed by atoms with E-state index in [4.69, 9.17) is 18.9 Å². The molecule has 14 heteroatoms. The third-order valence-electron chi connectivity index (χ3n) is 7.61. The number of benzene rings is 2. The number of aromatic hydroxyl groups is 2. The van der Waals surface area contributed by atoms with Gasteiger partial charge >= 0.3 is 0 Å². The van der Waals surface area contributed by atoms with Crippen LogP contribution < -0.4 is 4.74 Å². The molecule has 0 aromatic heterocycles. The quantitative estimate of drug-likeness (QED) is 0.167. The fourth-order valence-electron chi connectivity index (χ4n) is 5.09. The summed E-state index contributed by atoms with van der Waals surface area (Å²) < 4.78 is 21.9. The molecule has 0 spiro atoms. The Hall–Kier alpha value is -3.18. The molecule has 8 N–H and O–H groups in total. The van der Waals surface area contributed by atoms with E-state index >= 15 is 0 Å². The van der Waals surface area contributed by atoms with E-state index in [1.54, 1.807) is 6.92 Å². The Kier molecular flexibility index (Phi) is 7.80. The first kappa shape index (κ1) is 29.3. The van der Waals surface area contributed by atoms with Gasteiger partial charge in [-0.25, -0.2) is 0 Å². The Morgan fingerprint density at radius 3 is 1.93 bits per heavy atom. The third kappa shape index (κ3) is 4.86. The summed E-state index contributed by atoms with van der Waals surface area (Å²) in [5, 5.41) is 82.6. The zero-order chi connectivity index (χ0) is 29.9. The molecule has 2 aliphatic heterocycles. The summed E-state index contributed by atoms with van der Waals surface area (Å²) in [5.74, 6) is -2.95. The van der Waals surface area contributed by atoms with E-state index in [0.717, 1.165) is 6.07 Å². The maximum atomic E-state index is 13.2. The first-order valence-corrected chi connectivity index (χ1v) is 12.8. The van der Waals surface area contributed by atoms with Gasteiger partial charge in [0.1, 0.15) is 48.5 Å². The Balaban J connectivity index is 1.35. The van der Waals surface area contributed by atoms with E-state index in [-0.39, 0.29) is 22.4 Å². The predicted molar refractivity (Wildman–Crippen MR) is 133 cm³/mol. The van der Waals surface area contributed by atoms with Gasteiger partial charge in [-0.2, -0.15) is 0 Å². The summed E-state index contributed by atoms with van der Waals surface area (Å²) in [6.07, 6.45) is -15.4. The van der Waals surface area contributed by atoms with Crippen molar-refractivity contribution in [1.29, 1.82) is 0 Å². The number of phenols is 2. The normalized spacial score (nSPS) is 35.1. The van der Waals surface area contributed by atoms with E-state index in [2.05, 4.69) is 0 Å². The highest BCUT2D eigenvalue weighted by Crippen LogP contribution is 2.42. The van der Waals surface area contributed by atoms with E-state index in [1.807, 2.05) is 0 Å². The molecule has 0 saturated carbocycles. The highest BCUT2D eigenvalue weighted by Gasteiger charge is 2.48. The van der Waals surface area contributed by atoms with Crippen molar-refractivity contribution in [2.24, 2.45) is 0 Å². The number of hydrogen-bond acceptors (Lipinski definition) is 14. The van der Waals surface area contributed by atoms with Gasteiger partial charge in [0.2, 0.25) is 6.29 Å². The van der Waals surface area contributed by atoms with Crippen molar-refractivity contribution in [3.05, 3.63) is 52.1 Å². The summed E-state index contributed by atoms with van der Waals surface area (Å²) in [6, 6.07) is 5.13. The molecule has 10 atom stereocenters. The second kappa shape index (κ2) is 10.9. The molecule has 2 aromatic carbocycles. The molecule has 41 heavy (non-hydrogen) atoms. The minimum atomic E-state index is -1.84. The molecule has 2 aromatic rings. The number of ether oxygens (including phenoxy) is 4. The SMILES string of the molecule is Cc1ccc2c(c1O)C(=O)c1ccc(O[C@@H]3O[C@H](CO[C@@H]4O[C@H](C)[C@H](O)[C@@H](O)[C@H]4O)[C@@H](O)[C@@H](O)[C@H]3O)c(O)c1C2=O. The number of ketones is 2. The van der Waals surface area contributed by atoms with Crippen molar-refractivity contribution >= 4 is 11.6 Å². The van der Waals surface area contributed by atoms with Gasteiger partial charge in [0.25, 0.3) is 0 Å². The summed E-state index contributed by atoms with van der Waals surface area (Å²) in [7, 11) is 0. The number of aryl methyl sites for hydroxylation is 1. The molecule has 0 bridgehead atoms. The van der Waals surface area contributed by atoms with E-state index in [0.29, 0.717) is 5.56 Å². The van der Waals surface area contributed by atoms with Crippen LogP contribution in [-0.2, 0) is 14.2 Å². The van der Waals surface area contributed by atoms with E-state index in [1.165, 1.54) is 25.1 Å². The molecule has 0 amide bonds. The summed E-state index contributed by atoms with van der Waals surface area (Å²) in [6.45, 7) is 2.47. The molecule has 0 unspecified atom stereocenters. The number of carbonyl (C=O) groups is 2. The number of phenolic OH excluding ortho intramolecular Hbond substituents is 2. The molecule has 0 radical (unpaired) electrons. The van der Waals surface area contributed by atoms with Crippen LogP contribution in [0.4, 0.5) is 0 Å². The lowest BCUT2D eigenvalue weighted by atomic mass is 9.82. The van der Waals surface area contributed by atoms with Crippen molar-refractivity contribution in [3.63, 3.8) is 0 Å². The average molecular weight is 579 g/mol. The molecule has 14 nitrogen and oxygen atoms in total. The minimum Gasteiger partial charge on any atom is -0.507 e. The number of carbonyl (C=O) groups excluding carboxylic acids is 2. The lowest BCUT2D eigenvalue weighted by Gasteiger charge is -2.42.